The number of furan rings is 1. The molecule has 1 heterocycles. The number of carbonyl (C=O) groups excluding carboxylic acids is 2. The van der Waals surface area contributed by atoms with Crippen LogP contribution in [0.1, 0.15) is 63.7 Å². The highest BCUT2D eigenvalue weighted by Gasteiger charge is 2.21. The normalized spacial score (nSPS) is 17.9. The van der Waals surface area contributed by atoms with Gasteiger partial charge in [0.2, 0.25) is 11.8 Å². The molecule has 2 atom stereocenters. The largest absolute Gasteiger partial charge is 0.467 e. The fourth-order valence-electron chi connectivity index (χ4n) is 3.15. The van der Waals surface area contributed by atoms with Gasteiger partial charge in [0.15, 0.2) is 0 Å². The van der Waals surface area contributed by atoms with Crippen LogP contribution < -0.4 is 10.6 Å². The summed E-state index contributed by atoms with van der Waals surface area (Å²) in [7, 11) is 0. The second-order valence-corrected chi connectivity index (χ2v) is 6.61. The van der Waals surface area contributed by atoms with E-state index in [9.17, 15) is 14.7 Å². The molecule has 3 N–H and O–H groups in total. The first kappa shape index (κ1) is 18.5. The van der Waals surface area contributed by atoms with Gasteiger partial charge in [-0.05, 0) is 31.9 Å². The van der Waals surface area contributed by atoms with E-state index < -0.39 is 6.10 Å². The van der Waals surface area contributed by atoms with Gasteiger partial charge in [-0.15, -0.1) is 0 Å². The molecule has 1 saturated carbocycles. The van der Waals surface area contributed by atoms with E-state index in [0.29, 0.717) is 18.7 Å². The van der Waals surface area contributed by atoms with Crippen molar-refractivity contribution in [3.63, 3.8) is 0 Å². The van der Waals surface area contributed by atoms with Crippen LogP contribution in [0.4, 0.5) is 0 Å². The van der Waals surface area contributed by atoms with E-state index in [4.69, 9.17) is 4.42 Å². The molecule has 24 heavy (non-hydrogen) atoms. The number of hydrogen-bond acceptors (Lipinski definition) is 4. The molecule has 2 unspecified atom stereocenters. The highest BCUT2D eigenvalue weighted by Crippen LogP contribution is 2.23. The van der Waals surface area contributed by atoms with Crippen LogP contribution in [0, 0.1) is 5.92 Å². The zero-order valence-electron chi connectivity index (χ0n) is 14.3. The Balaban J connectivity index is 1.61. The first-order valence-electron chi connectivity index (χ1n) is 8.85. The van der Waals surface area contributed by atoms with Crippen molar-refractivity contribution in [3.8, 4) is 0 Å². The van der Waals surface area contributed by atoms with Crippen molar-refractivity contribution in [2.75, 3.05) is 6.54 Å². The van der Waals surface area contributed by atoms with Gasteiger partial charge in [-0.1, -0.05) is 19.3 Å². The van der Waals surface area contributed by atoms with Crippen LogP contribution in [0.2, 0.25) is 0 Å². The SMILES string of the molecule is CC(CC(O)c1ccco1)NC(=O)CCNC(=O)C1CCCCC1. The summed E-state index contributed by atoms with van der Waals surface area (Å²) in [6.45, 7) is 2.19. The second kappa shape index (κ2) is 9.47. The van der Waals surface area contributed by atoms with Crippen molar-refractivity contribution in [2.24, 2.45) is 5.92 Å². The Labute approximate surface area is 143 Å². The predicted octanol–water partition coefficient (Wildman–Crippen LogP) is 2.29. The molecule has 0 radical (unpaired) electrons. The smallest absolute Gasteiger partial charge is 0.223 e. The van der Waals surface area contributed by atoms with Gasteiger partial charge in [0, 0.05) is 31.3 Å². The first-order valence-corrected chi connectivity index (χ1v) is 8.85. The molecule has 0 aromatic carbocycles. The molecule has 0 bridgehead atoms. The molecule has 2 rings (SSSR count). The van der Waals surface area contributed by atoms with Crippen molar-refractivity contribution in [1.29, 1.82) is 0 Å². The molecule has 2 amide bonds. The molecule has 1 aromatic rings. The van der Waals surface area contributed by atoms with Crippen LogP contribution in [-0.4, -0.2) is 29.5 Å². The zero-order valence-corrected chi connectivity index (χ0v) is 14.3. The number of carbonyl (C=O) groups is 2. The number of rotatable bonds is 8. The van der Waals surface area contributed by atoms with Crippen LogP contribution in [0.25, 0.3) is 0 Å². The minimum atomic E-state index is -0.735. The maximum atomic E-state index is 12.0. The van der Waals surface area contributed by atoms with Crippen LogP contribution in [0.3, 0.4) is 0 Å². The van der Waals surface area contributed by atoms with Gasteiger partial charge in [-0.2, -0.15) is 0 Å². The monoisotopic (exact) mass is 336 g/mol. The van der Waals surface area contributed by atoms with Gasteiger partial charge in [0.1, 0.15) is 11.9 Å². The van der Waals surface area contributed by atoms with Gasteiger partial charge >= 0.3 is 0 Å². The Morgan fingerprint density at radius 2 is 2.08 bits per heavy atom. The molecule has 0 saturated heterocycles. The molecule has 6 nitrogen and oxygen atoms in total. The van der Waals surface area contributed by atoms with E-state index in [1.807, 2.05) is 6.92 Å². The quantitative estimate of drug-likeness (QED) is 0.679. The Morgan fingerprint density at radius 1 is 1.33 bits per heavy atom. The number of hydrogen-bond donors (Lipinski definition) is 3. The molecule has 0 spiro atoms. The van der Waals surface area contributed by atoms with E-state index in [-0.39, 0.29) is 30.2 Å². The standard InChI is InChI=1S/C18H28N2O4/c1-13(12-15(21)16-8-5-11-24-16)20-17(22)9-10-19-18(23)14-6-3-2-4-7-14/h5,8,11,13-15,21H,2-4,6-7,9-10,12H2,1H3,(H,19,23)(H,20,22). The number of nitrogens with one attached hydrogen (secondary N) is 2. The van der Waals surface area contributed by atoms with Crippen molar-refractivity contribution in [1.82, 2.24) is 10.6 Å². The van der Waals surface area contributed by atoms with E-state index in [1.165, 1.54) is 12.7 Å². The van der Waals surface area contributed by atoms with Crippen molar-refractivity contribution >= 4 is 11.8 Å². The summed E-state index contributed by atoms with van der Waals surface area (Å²) < 4.78 is 5.14. The third kappa shape index (κ3) is 6.00. The molecule has 1 aliphatic carbocycles. The Bertz CT molecular complexity index is 509. The number of aliphatic hydroxyl groups is 1. The average molecular weight is 336 g/mol. The fraction of sp³-hybridized carbons (Fsp3) is 0.667. The van der Waals surface area contributed by atoms with Gasteiger partial charge < -0.3 is 20.2 Å². The molecule has 1 fully saturated rings. The third-order valence-corrected chi connectivity index (χ3v) is 4.48. The number of aliphatic hydroxyl groups excluding tert-OH is 1. The molecule has 6 heteroatoms. The molecular formula is C18H28N2O4. The lowest BCUT2D eigenvalue weighted by Crippen LogP contribution is -2.38. The van der Waals surface area contributed by atoms with Crippen LogP contribution in [-0.2, 0) is 9.59 Å². The van der Waals surface area contributed by atoms with Crippen LogP contribution in [0.5, 0.6) is 0 Å². The lowest BCUT2D eigenvalue weighted by atomic mass is 9.89. The third-order valence-electron chi connectivity index (χ3n) is 4.48. The minimum Gasteiger partial charge on any atom is -0.467 e. The summed E-state index contributed by atoms with van der Waals surface area (Å²) in [6, 6.07) is 3.25. The predicted molar refractivity (Wildman–Crippen MR) is 90.1 cm³/mol. The maximum absolute atomic E-state index is 12.0. The fourth-order valence-corrected chi connectivity index (χ4v) is 3.15. The van der Waals surface area contributed by atoms with Gasteiger partial charge in [0.25, 0.3) is 0 Å². The summed E-state index contributed by atoms with van der Waals surface area (Å²) in [4.78, 5) is 23.9. The minimum absolute atomic E-state index is 0.0730. The highest BCUT2D eigenvalue weighted by molar-refractivity contribution is 5.80. The van der Waals surface area contributed by atoms with Gasteiger partial charge in [-0.25, -0.2) is 0 Å². The molecule has 0 aliphatic heterocycles. The summed E-state index contributed by atoms with van der Waals surface area (Å²) in [5.74, 6) is 0.557. The lowest BCUT2D eigenvalue weighted by molar-refractivity contribution is -0.126. The van der Waals surface area contributed by atoms with E-state index in [2.05, 4.69) is 10.6 Å². The van der Waals surface area contributed by atoms with Crippen molar-refractivity contribution in [3.05, 3.63) is 24.2 Å². The Morgan fingerprint density at radius 3 is 2.75 bits per heavy atom. The van der Waals surface area contributed by atoms with Crippen molar-refractivity contribution in [2.45, 2.75) is 64.0 Å². The first-order chi connectivity index (χ1) is 11.6. The van der Waals surface area contributed by atoms with Crippen molar-refractivity contribution < 1.29 is 19.1 Å². The summed E-state index contributed by atoms with van der Waals surface area (Å²) >= 11 is 0. The molecule has 1 aliphatic rings. The molecule has 134 valence electrons. The molecule has 1 aromatic heterocycles. The zero-order chi connectivity index (χ0) is 17.4. The van der Waals surface area contributed by atoms with Crippen LogP contribution in [0.15, 0.2) is 22.8 Å². The topological polar surface area (TPSA) is 91.6 Å². The Hall–Kier alpha value is -1.82. The average Bonchev–Trinajstić information content (AvgIpc) is 3.10. The summed E-state index contributed by atoms with van der Waals surface area (Å²) in [5.41, 5.74) is 0. The highest BCUT2D eigenvalue weighted by atomic mass is 16.4. The second-order valence-electron chi connectivity index (χ2n) is 6.61. The van der Waals surface area contributed by atoms with Gasteiger partial charge in [0.05, 0.1) is 6.26 Å². The van der Waals surface area contributed by atoms with Crippen LogP contribution >= 0.6 is 0 Å². The van der Waals surface area contributed by atoms with E-state index >= 15 is 0 Å². The summed E-state index contributed by atoms with van der Waals surface area (Å²) in [6.07, 6.45) is 6.78. The van der Waals surface area contributed by atoms with E-state index in [0.717, 1.165) is 25.7 Å². The number of amides is 2. The van der Waals surface area contributed by atoms with Gasteiger partial charge in [-0.3, -0.25) is 9.59 Å². The van der Waals surface area contributed by atoms with E-state index in [1.54, 1.807) is 12.1 Å². The maximum Gasteiger partial charge on any atom is 0.223 e. The summed E-state index contributed by atoms with van der Waals surface area (Å²) in [5, 5.41) is 15.7. The molecular weight excluding hydrogens is 308 g/mol. The lowest BCUT2D eigenvalue weighted by Gasteiger charge is -2.21. The Kier molecular flexibility index (Phi) is 7.31.